The Kier molecular flexibility index (Phi) is 4.92. The second kappa shape index (κ2) is 6.31. The maximum absolute atomic E-state index is 12.4. The zero-order chi connectivity index (χ0) is 14.8. The third kappa shape index (κ3) is 3.44. The molecule has 2 heterocycles. The zero-order valence-electron chi connectivity index (χ0n) is 10.8. The van der Waals surface area contributed by atoms with Gasteiger partial charge in [0.2, 0.25) is 0 Å². The molecule has 0 amide bonds. The maximum Gasteiger partial charge on any atom is 0.260 e. The molecule has 108 valence electrons. The van der Waals surface area contributed by atoms with Crippen molar-refractivity contribution in [1.29, 1.82) is 0 Å². The van der Waals surface area contributed by atoms with Gasteiger partial charge in [0.15, 0.2) is 5.03 Å². The van der Waals surface area contributed by atoms with E-state index in [-0.39, 0.29) is 5.03 Å². The molecule has 0 fully saturated rings. The Morgan fingerprint density at radius 2 is 2.20 bits per heavy atom. The van der Waals surface area contributed by atoms with Crippen LogP contribution in [0.2, 0.25) is 0 Å². The SMILES string of the molecule is CN(Cc1cc(Br)cs1)S(=O)(=O)c1ccc(CN)cn1. The molecule has 0 saturated heterocycles. The number of aromatic nitrogens is 1. The maximum atomic E-state index is 12.4. The fourth-order valence-electron chi connectivity index (χ4n) is 1.59. The smallest absolute Gasteiger partial charge is 0.260 e. The molecule has 2 aromatic rings. The fourth-order valence-corrected chi connectivity index (χ4v) is 4.22. The second-order valence-corrected chi connectivity index (χ2v) is 8.10. The van der Waals surface area contributed by atoms with Gasteiger partial charge in [0.1, 0.15) is 0 Å². The van der Waals surface area contributed by atoms with Gasteiger partial charge in [0.25, 0.3) is 10.0 Å². The first-order chi connectivity index (χ1) is 9.43. The lowest BCUT2D eigenvalue weighted by atomic mass is 10.3. The summed E-state index contributed by atoms with van der Waals surface area (Å²) in [7, 11) is -2.04. The molecule has 0 aliphatic heterocycles. The average molecular weight is 376 g/mol. The molecular weight excluding hydrogens is 362 g/mol. The van der Waals surface area contributed by atoms with Crippen LogP contribution in [-0.4, -0.2) is 24.8 Å². The van der Waals surface area contributed by atoms with Gasteiger partial charge in [-0.3, -0.25) is 0 Å². The van der Waals surface area contributed by atoms with Crippen LogP contribution in [-0.2, 0) is 23.1 Å². The number of halogens is 1. The highest BCUT2D eigenvalue weighted by molar-refractivity contribution is 9.10. The zero-order valence-corrected chi connectivity index (χ0v) is 14.0. The lowest BCUT2D eigenvalue weighted by Crippen LogP contribution is -2.27. The first kappa shape index (κ1) is 15.6. The van der Waals surface area contributed by atoms with E-state index in [1.54, 1.807) is 13.1 Å². The number of thiophene rings is 1. The largest absolute Gasteiger partial charge is 0.326 e. The topological polar surface area (TPSA) is 76.3 Å². The van der Waals surface area contributed by atoms with Crippen LogP contribution in [0.25, 0.3) is 0 Å². The van der Waals surface area contributed by atoms with E-state index in [1.807, 2.05) is 11.4 Å². The van der Waals surface area contributed by atoms with Crippen molar-refractivity contribution >= 4 is 37.3 Å². The summed E-state index contributed by atoms with van der Waals surface area (Å²) in [6, 6.07) is 5.06. The number of pyridine rings is 1. The van der Waals surface area contributed by atoms with Crippen molar-refractivity contribution in [2.45, 2.75) is 18.1 Å². The van der Waals surface area contributed by atoms with Crippen LogP contribution in [0.15, 0.2) is 39.3 Å². The van der Waals surface area contributed by atoms with E-state index < -0.39 is 10.0 Å². The molecule has 2 N–H and O–H groups in total. The van der Waals surface area contributed by atoms with Crippen LogP contribution in [0.4, 0.5) is 0 Å². The van der Waals surface area contributed by atoms with Crippen molar-refractivity contribution in [3.05, 3.63) is 44.7 Å². The molecule has 0 aliphatic carbocycles. The molecule has 0 radical (unpaired) electrons. The number of nitrogens with zero attached hydrogens (tertiary/aromatic N) is 2. The Labute approximate surface area is 130 Å². The molecule has 0 saturated carbocycles. The minimum Gasteiger partial charge on any atom is -0.326 e. The van der Waals surface area contributed by atoms with E-state index in [4.69, 9.17) is 5.73 Å². The third-order valence-corrected chi connectivity index (χ3v) is 6.11. The Morgan fingerprint density at radius 3 is 2.70 bits per heavy atom. The fraction of sp³-hybridized carbons (Fsp3) is 0.250. The van der Waals surface area contributed by atoms with E-state index in [9.17, 15) is 8.42 Å². The lowest BCUT2D eigenvalue weighted by molar-refractivity contribution is 0.466. The van der Waals surface area contributed by atoms with Crippen molar-refractivity contribution in [3.63, 3.8) is 0 Å². The van der Waals surface area contributed by atoms with Crippen molar-refractivity contribution in [2.75, 3.05) is 7.05 Å². The molecule has 0 aromatic carbocycles. The summed E-state index contributed by atoms with van der Waals surface area (Å²) in [6.45, 7) is 0.658. The Bertz CT molecular complexity index is 683. The van der Waals surface area contributed by atoms with Gasteiger partial charge < -0.3 is 5.73 Å². The second-order valence-electron chi connectivity index (χ2n) is 4.20. The summed E-state index contributed by atoms with van der Waals surface area (Å²) in [6.07, 6.45) is 1.49. The molecule has 0 atom stereocenters. The van der Waals surface area contributed by atoms with Gasteiger partial charge in [-0.05, 0) is 33.6 Å². The summed E-state index contributed by atoms with van der Waals surface area (Å²) in [5.74, 6) is 0. The molecule has 5 nitrogen and oxygen atoms in total. The van der Waals surface area contributed by atoms with Crippen molar-refractivity contribution < 1.29 is 8.42 Å². The van der Waals surface area contributed by atoms with E-state index in [0.717, 1.165) is 14.9 Å². The lowest BCUT2D eigenvalue weighted by Gasteiger charge is -2.15. The molecule has 2 aromatic heterocycles. The van der Waals surface area contributed by atoms with Gasteiger partial charge in [0, 0.05) is 41.1 Å². The monoisotopic (exact) mass is 375 g/mol. The predicted octanol–water partition coefficient (Wildman–Crippen LogP) is 2.18. The Balaban J connectivity index is 2.19. The van der Waals surface area contributed by atoms with Gasteiger partial charge in [-0.25, -0.2) is 13.4 Å². The summed E-state index contributed by atoms with van der Waals surface area (Å²) >= 11 is 4.86. The van der Waals surface area contributed by atoms with Gasteiger partial charge in [-0.1, -0.05) is 6.07 Å². The molecule has 0 aliphatic rings. The number of rotatable bonds is 5. The number of nitrogens with two attached hydrogens (primary N) is 1. The molecule has 2 rings (SSSR count). The summed E-state index contributed by atoms with van der Waals surface area (Å²) in [5.41, 5.74) is 6.27. The average Bonchev–Trinajstić information content (AvgIpc) is 2.84. The van der Waals surface area contributed by atoms with Crippen molar-refractivity contribution in [3.8, 4) is 0 Å². The number of hydrogen-bond donors (Lipinski definition) is 1. The molecule has 8 heteroatoms. The number of hydrogen-bond acceptors (Lipinski definition) is 5. The predicted molar refractivity (Wildman–Crippen MR) is 82.8 cm³/mol. The van der Waals surface area contributed by atoms with E-state index in [0.29, 0.717) is 13.1 Å². The van der Waals surface area contributed by atoms with Gasteiger partial charge >= 0.3 is 0 Å². The van der Waals surface area contributed by atoms with E-state index in [1.165, 1.54) is 27.9 Å². The van der Waals surface area contributed by atoms with Crippen LogP contribution in [0.5, 0.6) is 0 Å². The van der Waals surface area contributed by atoms with E-state index >= 15 is 0 Å². The van der Waals surface area contributed by atoms with Crippen LogP contribution >= 0.6 is 27.3 Å². The number of sulfonamides is 1. The first-order valence-electron chi connectivity index (χ1n) is 5.77. The first-order valence-corrected chi connectivity index (χ1v) is 8.89. The molecule has 0 spiro atoms. The van der Waals surface area contributed by atoms with Crippen molar-refractivity contribution in [1.82, 2.24) is 9.29 Å². The molecule has 0 unspecified atom stereocenters. The Morgan fingerprint density at radius 1 is 1.45 bits per heavy atom. The summed E-state index contributed by atoms with van der Waals surface area (Å²) in [5, 5.41) is 1.96. The van der Waals surface area contributed by atoms with Crippen LogP contribution < -0.4 is 5.73 Å². The Hall–Kier alpha value is -0.800. The normalized spacial score (nSPS) is 12.0. The van der Waals surface area contributed by atoms with Gasteiger partial charge in [-0.2, -0.15) is 4.31 Å². The van der Waals surface area contributed by atoms with Crippen LogP contribution in [0, 0.1) is 0 Å². The standard InChI is InChI=1S/C12H14BrN3O2S2/c1-16(7-11-4-10(13)8-19-11)20(17,18)12-3-2-9(5-14)6-15-12/h2-4,6,8H,5,7,14H2,1H3. The third-order valence-electron chi connectivity index (χ3n) is 2.71. The van der Waals surface area contributed by atoms with Crippen LogP contribution in [0.3, 0.4) is 0 Å². The highest BCUT2D eigenvalue weighted by Crippen LogP contribution is 2.23. The van der Waals surface area contributed by atoms with Gasteiger partial charge in [-0.15, -0.1) is 11.3 Å². The van der Waals surface area contributed by atoms with Gasteiger partial charge in [0.05, 0.1) is 0 Å². The highest BCUT2D eigenvalue weighted by Gasteiger charge is 2.22. The van der Waals surface area contributed by atoms with Crippen LogP contribution in [0.1, 0.15) is 10.4 Å². The highest BCUT2D eigenvalue weighted by atomic mass is 79.9. The van der Waals surface area contributed by atoms with E-state index in [2.05, 4.69) is 20.9 Å². The summed E-state index contributed by atoms with van der Waals surface area (Å²) < 4.78 is 27.0. The summed E-state index contributed by atoms with van der Waals surface area (Å²) in [4.78, 5) is 4.93. The minimum absolute atomic E-state index is 0.0350. The van der Waals surface area contributed by atoms with Crippen molar-refractivity contribution in [2.24, 2.45) is 5.73 Å². The quantitative estimate of drug-likeness (QED) is 0.868. The molecule has 20 heavy (non-hydrogen) atoms. The minimum atomic E-state index is -3.58. The molecule has 0 bridgehead atoms. The molecular formula is C12H14BrN3O2S2.